The van der Waals surface area contributed by atoms with Gasteiger partial charge in [0.1, 0.15) is 17.7 Å². The summed E-state index contributed by atoms with van der Waals surface area (Å²) in [7, 11) is -3.85. The largest absolute Gasteiger partial charge is 0.489 e. The first-order valence-electron chi connectivity index (χ1n) is 10.9. The van der Waals surface area contributed by atoms with Crippen LogP contribution >= 0.6 is 11.8 Å². The summed E-state index contributed by atoms with van der Waals surface area (Å²) in [6.07, 6.45) is 5.62. The monoisotopic (exact) mass is 491 g/mol. The van der Waals surface area contributed by atoms with Crippen molar-refractivity contribution >= 4 is 38.5 Å². The fourth-order valence-corrected chi connectivity index (χ4v) is 5.09. The van der Waals surface area contributed by atoms with Gasteiger partial charge in [-0.15, -0.1) is 0 Å². The number of hydrogen-bond acceptors (Lipinski definition) is 8. The topological polar surface area (TPSA) is 114 Å². The number of piperidine rings is 1. The third-order valence-corrected chi connectivity index (χ3v) is 7.54. The number of thioether (sulfide) groups is 1. The van der Waals surface area contributed by atoms with Crippen molar-refractivity contribution in [2.24, 2.45) is 0 Å². The average molecular weight is 492 g/mol. The van der Waals surface area contributed by atoms with Gasteiger partial charge in [0.05, 0.1) is 10.6 Å². The van der Waals surface area contributed by atoms with E-state index < -0.39 is 10.0 Å². The summed E-state index contributed by atoms with van der Waals surface area (Å²) >= 11 is 0.918. The van der Waals surface area contributed by atoms with Crippen LogP contribution in [0.3, 0.4) is 0 Å². The summed E-state index contributed by atoms with van der Waals surface area (Å²) in [6, 6.07) is 9.50. The average Bonchev–Trinajstić information content (AvgIpc) is 2.82. The number of ketones is 1. The van der Waals surface area contributed by atoms with Crippen LogP contribution in [0, 0.1) is 0 Å². The number of nitrogens with zero attached hydrogens (tertiary/aromatic N) is 1. The molecule has 2 atom stereocenters. The Morgan fingerprint density at radius 2 is 1.97 bits per heavy atom. The van der Waals surface area contributed by atoms with Crippen molar-refractivity contribution in [3.05, 3.63) is 48.2 Å². The van der Waals surface area contributed by atoms with Crippen LogP contribution in [0.1, 0.15) is 49.9 Å². The summed E-state index contributed by atoms with van der Waals surface area (Å²) in [5, 5.41) is 3.36. The molecule has 8 nitrogen and oxygen atoms in total. The predicted molar refractivity (Wildman–Crippen MR) is 129 cm³/mol. The van der Waals surface area contributed by atoms with Crippen LogP contribution in [-0.2, 0) is 14.8 Å². The van der Waals surface area contributed by atoms with Crippen molar-refractivity contribution in [3.8, 4) is 5.75 Å². The molecule has 2 unspecified atom stereocenters. The van der Waals surface area contributed by atoms with Crippen LogP contribution in [0.5, 0.6) is 5.75 Å². The Bertz CT molecular complexity index is 1050. The van der Waals surface area contributed by atoms with E-state index in [1.165, 1.54) is 50.2 Å². The van der Waals surface area contributed by atoms with Gasteiger partial charge in [0.25, 0.3) is 10.0 Å². The molecule has 178 valence electrons. The predicted octanol–water partition coefficient (Wildman–Crippen LogP) is 3.64. The highest BCUT2D eigenvalue weighted by atomic mass is 32.2. The number of carbonyl (C=O) groups is 2. The lowest BCUT2D eigenvalue weighted by Gasteiger charge is -2.31. The van der Waals surface area contributed by atoms with Gasteiger partial charge in [-0.1, -0.05) is 25.1 Å². The van der Waals surface area contributed by atoms with Crippen molar-refractivity contribution < 1.29 is 22.7 Å². The number of rotatable bonds is 10. The molecule has 0 saturated carbocycles. The molecule has 0 spiro atoms. The van der Waals surface area contributed by atoms with Crippen LogP contribution in [0.4, 0.5) is 5.82 Å². The van der Waals surface area contributed by atoms with Crippen LogP contribution in [0.25, 0.3) is 0 Å². The molecular weight excluding hydrogens is 462 g/mol. The first kappa shape index (κ1) is 25.2. The van der Waals surface area contributed by atoms with Crippen LogP contribution in [0.15, 0.2) is 47.5 Å². The number of carbonyl (C=O) groups excluding carboxylic acids is 2. The Kier molecular flexibility index (Phi) is 8.87. The molecule has 33 heavy (non-hydrogen) atoms. The minimum atomic E-state index is -3.85. The fraction of sp³-hybridized carbons (Fsp3) is 0.435. The standard InChI is InChI=1S/C23H29N3O5S2/c1-3-22(20-6-4-5-13-24-20)31-18-8-10-19(11-9-18)33(29,30)26-23-12-7-17(14-25-23)21(28)15-32-16(2)27/h7-12,14,20,22,24H,3-6,13,15H2,1-2H3,(H,25,26). The summed E-state index contributed by atoms with van der Waals surface area (Å²) in [5.41, 5.74) is 0.311. The molecule has 1 aromatic heterocycles. The number of Topliss-reactive ketones (excluding diaryl/α,β-unsaturated/α-hetero) is 1. The molecule has 2 aromatic rings. The van der Waals surface area contributed by atoms with Crippen molar-refractivity contribution in [3.63, 3.8) is 0 Å². The minimum absolute atomic E-state index is 0.0200. The van der Waals surface area contributed by atoms with Crippen molar-refractivity contribution in [2.75, 3.05) is 17.0 Å². The second-order valence-corrected chi connectivity index (χ2v) is 10.7. The fourth-order valence-electron chi connectivity index (χ4n) is 3.58. The molecule has 0 radical (unpaired) electrons. The molecule has 1 aliphatic heterocycles. The molecule has 10 heteroatoms. The zero-order valence-corrected chi connectivity index (χ0v) is 20.4. The summed E-state index contributed by atoms with van der Waals surface area (Å²) in [5.74, 6) is 0.492. The van der Waals surface area contributed by atoms with Crippen LogP contribution in [0.2, 0.25) is 0 Å². The van der Waals surface area contributed by atoms with E-state index in [0.29, 0.717) is 17.4 Å². The van der Waals surface area contributed by atoms with E-state index in [0.717, 1.165) is 31.1 Å². The molecule has 1 aliphatic rings. The van der Waals surface area contributed by atoms with Gasteiger partial charge >= 0.3 is 0 Å². The number of hydrogen-bond donors (Lipinski definition) is 2. The normalized spacial score (nSPS) is 17.2. The molecule has 0 amide bonds. The minimum Gasteiger partial charge on any atom is -0.489 e. The van der Waals surface area contributed by atoms with Gasteiger partial charge in [-0.05, 0) is 62.2 Å². The maximum absolute atomic E-state index is 12.7. The quantitative estimate of drug-likeness (QED) is 0.484. The number of benzene rings is 1. The van der Waals surface area contributed by atoms with E-state index in [2.05, 4.69) is 21.9 Å². The molecule has 1 aromatic carbocycles. The van der Waals surface area contributed by atoms with Crippen LogP contribution in [-0.4, -0.2) is 48.7 Å². The van der Waals surface area contributed by atoms with Gasteiger partial charge in [-0.3, -0.25) is 14.3 Å². The van der Waals surface area contributed by atoms with Crippen molar-refractivity contribution in [2.45, 2.75) is 56.6 Å². The van der Waals surface area contributed by atoms with E-state index in [-0.39, 0.29) is 33.5 Å². The third kappa shape index (κ3) is 7.28. The molecule has 0 aliphatic carbocycles. The highest BCUT2D eigenvalue weighted by Gasteiger charge is 2.24. The highest BCUT2D eigenvalue weighted by molar-refractivity contribution is 8.14. The van der Waals surface area contributed by atoms with Gasteiger partial charge < -0.3 is 10.1 Å². The van der Waals surface area contributed by atoms with Gasteiger partial charge in [-0.25, -0.2) is 13.4 Å². The lowest BCUT2D eigenvalue weighted by atomic mass is 9.98. The molecule has 1 saturated heterocycles. The zero-order valence-electron chi connectivity index (χ0n) is 18.7. The Morgan fingerprint density at radius 3 is 2.55 bits per heavy atom. The zero-order chi connectivity index (χ0) is 23.8. The van der Waals surface area contributed by atoms with E-state index in [4.69, 9.17) is 4.74 Å². The second-order valence-electron chi connectivity index (χ2n) is 7.83. The molecule has 2 N–H and O–H groups in total. The summed E-state index contributed by atoms with van der Waals surface area (Å²) in [4.78, 5) is 27.1. The van der Waals surface area contributed by atoms with E-state index in [9.17, 15) is 18.0 Å². The maximum atomic E-state index is 12.7. The SMILES string of the molecule is CCC(Oc1ccc(S(=O)(=O)Nc2ccc(C(=O)CSC(C)=O)cn2)cc1)C1CCCCN1. The Labute approximate surface area is 199 Å². The molecule has 3 rings (SSSR count). The summed E-state index contributed by atoms with van der Waals surface area (Å²) < 4.78 is 34.0. The lowest BCUT2D eigenvalue weighted by Crippen LogP contribution is -2.45. The van der Waals surface area contributed by atoms with Crippen molar-refractivity contribution in [1.29, 1.82) is 0 Å². The third-order valence-electron chi connectivity index (χ3n) is 5.35. The number of pyridine rings is 1. The van der Waals surface area contributed by atoms with Crippen molar-refractivity contribution in [1.82, 2.24) is 10.3 Å². The van der Waals surface area contributed by atoms with E-state index >= 15 is 0 Å². The van der Waals surface area contributed by atoms with E-state index in [1.54, 1.807) is 12.1 Å². The van der Waals surface area contributed by atoms with E-state index in [1.807, 2.05) is 0 Å². The number of sulfonamides is 1. The number of anilines is 1. The van der Waals surface area contributed by atoms with Gasteiger partial charge in [0.2, 0.25) is 0 Å². The molecular formula is C23H29N3O5S2. The first-order chi connectivity index (χ1) is 15.8. The summed E-state index contributed by atoms with van der Waals surface area (Å²) in [6.45, 7) is 4.47. The highest BCUT2D eigenvalue weighted by Crippen LogP contribution is 2.23. The lowest BCUT2D eigenvalue weighted by molar-refractivity contribution is -0.109. The molecule has 2 heterocycles. The maximum Gasteiger partial charge on any atom is 0.263 e. The Hall–Kier alpha value is -2.43. The van der Waals surface area contributed by atoms with Crippen LogP contribution < -0.4 is 14.8 Å². The first-order valence-corrected chi connectivity index (χ1v) is 13.4. The smallest absolute Gasteiger partial charge is 0.263 e. The Morgan fingerprint density at radius 1 is 1.21 bits per heavy atom. The second kappa shape index (κ2) is 11.6. The number of ether oxygens (including phenoxy) is 1. The number of nitrogens with one attached hydrogen (secondary N) is 2. The van der Waals surface area contributed by atoms with Gasteiger partial charge in [0.15, 0.2) is 10.9 Å². The van der Waals surface area contributed by atoms with Gasteiger partial charge in [-0.2, -0.15) is 0 Å². The Balaban J connectivity index is 1.61. The molecule has 1 fully saturated rings. The number of aromatic nitrogens is 1. The molecule has 0 bridgehead atoms. The van der Waals surface area contributed by atoms with Gasteiger partial charge in [0, 0.05) is 24.7 Å².